The molecule has 2 aromatic heterocycles. The summed E-state index contributed by atoms with van der Waals surface area (Å²) in [5.41, 5.74) is 2.17. The molecule has 3 aromatic rings. The van der Waals surface area contributed by atoms with Gasteiger partial charge in [0, 0.05) is 16.5 Å². The van der Waals surface area contributed by atoms with Crippen LogP contribution in [0.3, 0.4) is 0 Å². The van der Waals surface area contributed by atoms with Gasteiger partial charge in [-0.3, -0.25) is 4.57 Å². The minimum atomic E-state index is -3.69. The molecule has 128 valence electrons. The molecule has 0 aliphatic rings. The summed E-state index contributed by atoms with van der Waals surface area (Å²) in [5, 5.41) is 13.7. The molecule has 1 atom stereocenters. The van der Waals surface area contributed by atoms with Crippen LogP contribution in [0.2, 0.25) is 0 Å². The van der Waals surface area contributed by atoms with Crippen LogP contribution < -0.4 is 0 Å². The molecule has 1 aromatic carbocycles. The fraction of sp³-hybridized carbons (Fsp3) is 0.294. The van der Waals surface area contributed by atoms with E-state index in [0.29, 0.717) is 5.56 Å². The molecule has 2 N–H and O–H groups in total. The molecule has 0 radical (unpaired) electrons. The molecule has 0 saturated carbocycles. The number of para-hydroxylation sites is 1. The van der Waals surface area contributed by atoms with Crippen LogP contribution in [0.25, 0.3) is 21.5 Å². The Kier molecular flexibility index (Phi) is 5.23. The number of thiophene rings is 1. The van der Waals surface area contributed by atoms with E-state index in [2.05, 4.69) is 4.98 Å². The number of aromatic nitrogens is 1. The SMILES string of the molecule is CCOP(=O)(OCC)C(O)c1c(-c2cccs2)[nH]c2ccccc12. The van der Waals surface area contributed by atoms with Crippen LogP contribution in [0.1, 0.15) is 25.3 Å². The minimum absolute atomic E-state index is 0.199. The van der Waals surface area contributed by atoms with Crippen molar-refractivity contribution in [2.45, 2.75) is 19.7 Å². The number of aromatic amines is 1. The van der Waals surface area contributed by atoms with Gasteiger partial charge in [0.05, 0.1) is 23.8 Å². The Morgan fingerprint density at radius 1 is 1.17 bits per heavy atom. The summed E-state index contributed by atoms with van der Waals surface area (Å²) in [5.74, 6) is -1.36. The smallest absolute Gasteiger partial charge is 0.363 e. The van der Waals surface area contributed by atoms with Crippen molar-refractivity contribution in [3.63, 3.8) is 0 Å². The van der Waals surface area contributed by atoms with Gasteiger partial charge in [0.1, 0.15) is 0 Å². The molecule has 0 bridgehead atoms. The van der Waals surface area contributed by atoms with E-state index < -0.39 is 13.4 Å². The number of aliphatic hydroxyl groups excluding tert-OH is 1. The highest BCUT2D eigenvalue weighted by molar-refractivity contribution is 7.54. The number of H-pyrrole nitrogens is 1. The zero-order valence-corrected chi connectivity index (χ0v) is 15.3. The van der Waals surface area contributed by atoms with E-state index in [0.717, 1.165) is 21.5 Å². The molecule has 7 heteroatoms. The zero-order valence-electron chi connectivity index (χ0n) is 13.6. The number of benzene rings is 1. The van der Waals surface area contributed by atoms with Crippen molar-refractivity contribution in [2.24, 2.45) is 0 Å². The molecule has 0 aliphatic carbocycles. The van der Waals surface area contributed by atoms with Crippen LogP contribution in [0.4, 0.5) is 0 Å². The molecular formula is C17H20NO4PS. The summed E-state index contributed by atoms with van der Waals surface area (Å²) in [6.45, 7) is 3.86. The highest BCUT2D eigenvalue weighted by atomic mass is 32.1. The lowest BCUT2D eigenvalue weighted by Crippen LogP contribution is -2.06. The molecular weight excluding hydrogens is 345 g/mol. The summed E-state index contributed by atoms with van der Waals surface area (Å²) in [6.07, 6.45) is 0. The van der Waals surface area contributed by atoms with E-state index in [1.807, 2.05) is 41.8 Å². The Morgan fingerprint density at radius 3 is 2.50 bits per heavy atom. The fourth-order valence-electron chi connectivity index (χ4n) is 2.74. The number of nitrogens with one attached hydrogen (secondary N) is 1. The second-order valence-corrected chi connectivity index (χ2v) is 8.22. The van der Waals surface area contributed by atoms with Gasteiger partial charge in [0.15, 0.2) is 5.85 Å². The average Bonchev–Trinajstić information content (AvgIpc) is 3.21. The van der Waals surface area contributed by atoms with Crippen molar-refractivity contribution in [3.8, 4) is 10.6 Å². The zero-order chi connectivity index (χ0) is 17.2. The molecule has 1 unspecified atom stereocenters. The van der Waals surface area contributed by atoms with Crippen LogP contribution in [0.5, 0.6) is 0 Å². The van der Waals surface area contributed by atoms with E-state index in [4.69, 9.17) is 9.05 Å². The minimum Gasteiger partial charge on any atom is -0.376 e. The fourth-order valence-corrected chi connectivity index (χ4v) is 5.14. The molecule has 0 saturated heterocycles. The normalized spacial score (nSPS) is 13.5. The van der Waals surface area contributed by atoms with Crippen molar-refractivity contribution in [3.05, 3.63) is 47.3 Å². The lowest BCUT2D eigenvalue weighted by molar-refractivity contribution is 0.151. The first-order valence-electron chi connectivity index (χ1n) is 7.82. The van der Waals surface area contributed by atoms with Crippen molar-refractivity contribution in [1.29, 1.82) is 0 Å². The second-order valence-electron chi connectivity index (χ2n) is 5.19. The highest BCUT2D eigenvalue weighted by Crippen LogP contribution is 2.61. The van der Waals surface area contributed by atoms with Gasteiger partial charge < -0.3 is 19.1 Å². The Bertz CT molecular complexity index is 849. The van der Waals surface area contributed by atoms with Crippen LogP contribution >= 0.6 is 18.9 Å². The summed E-state index contributed by atoms with van der Waals surface area (Å²) in [7, 11) is -3.69. The summed E-state index contributed by atoms with van der Waals surface area (Å²) >= 11 is 1.55. The number of hydrogen-bond donors (Lipinski definition) is 2. The van der Waals surface area contributed by atoms with Crippen molar-refractivity contribution in [2.75, 3.05) is 13.2 Å². The van der Waals surface area contributed by atoms with Gasteiger partial charge in [-0.1, -0.05) is 24.3 Å². The number of aliphatic hydroxyl groups is 1. The predicted octanol–water partition coefficient (Wildman–Crippen LogP) is 5.15. The molecule has 24 heavy (non-hydrogen) atoms. The topological polar surface area (TPSA) is 71.6 Å². The molecule has 0 amide bonds. The largest absolute Gasteiger partial charge is 0.376 e. The highest BCUT2D eigenvalue weighted by Gasteiger charge is 2.38. The quantitative estimate of drug-likeness (QED) is 0.568. The van der Waals surface area contributed by atoms with Gasteiger partial charge in [0.2, 0.25) is 0 Å². The monoisotopic (exact) mass is 365 g/mol. The van der Waals surface area contributed by atoms with Gasteiger partial charge >= 0.3 is 7.60 Å². The first-order chi connectivity index (χ1) is 11.6. The molecule has 2 heterocycles. The van der Waals surface area contributed by atoms with E-state index >= 15 is 0 Å². The van der Waals surface area contributed by atoms with Gasteiger partial charge in [-0.2, -0.15) is 0 Å². The van der Waals surface area contributed by atoms with Gasteiger partial charge in [-0.05, 0) is 31.4 Å². The maximum Gasteiger partial charge on any atom is 0.363 e. The van der Waals surface area contributed by atoms with E-state index in [1.165, 1.54) is 0 Å². The molecule has 0 fully saturated rings. The van der Waals surface area contributed by atoms with Crippen molar-refractivity contribution in [1.82, 2.24) is 4.98 Å². The predicted molar refractivity (Wildman–Crippen MR) is 97.4 cm³/mol. The Morgan fingerprint density at radius 2 is 1.88 bits per heavy atom. The lowest BCUT2D eigenvalue weighted by Gasteiger charge is -2.23. The van der Waals surface area contributed by atoms with E-state index in [9.17, 15) is 9.67 Å². The number of fused-ring (bicyclic) bond motifs is 1. The first kappa shape index (κ1) is 17.4. The summed E-state index contributed by atoms with van der Waals surface area (Å²) < 4.78 is 23.8. The third-order valence-corrected chi connectivity index (χ3v) is 6.67. The van der Waals surface area contributed by atoms with Crippen LogP contribution in [-0.2, 0) is 13.6 Å². The molecule has 5 nitrogen and oxygen atoms in total. The van der Waals surface area contributed by atoms with Crippen LogP contribution in [0.15, 0.2) is 41.8 Å². The van der Waals surface area contributed by atoms with E-state index in [-0.39, 0.29) is 13.2 Å². The molecule has 3 rings (SSSR count). The standard InChI is InChI=1S/C17H20NO4PS/c1-3-21-23(20,22-4-2)17(19)15-12-8-5-6-9-13(12)18-16(15)14-10-7-11-24-14/h5-11,17-19H,3-4H2,1-2H3. The van der Waals surface area contributed by atoms with Crippen LogP contribution in [0, 0.1) is 0 Å². The van der Waals surface area contributed by atoms with Gasteiger partial charge in [-0.15, -0.1) is 11.3 Å². The van der Waals surface area contributed by atoms with Gasteiger partial charge in [0.25, 0.3) is 0 Å². The third kappa shape index (κ3) is 3.08. The maximum atomic E-state index is 13.1. The Labute approximate surface area is 144 Å². The van der Waals surface area contributed by atoms with Gasteiger partial charge in [-0.25, -0.2) is 0 Å². The molecule has 0 aliphatic heterocycles. The third-order valence-electron chi connectivity index (χ3n) is 3.69. The summed E-state index contributed by atoms with van der Waals surface area (Å²) in [6, 6.07) is 11.5. The maximum absolute atomic E-state index is 13.1. The number of hydrogen-bond acceptors (Lipinski definition) is 5. The van der Waals surface area contributed by atoms with Crippen LogP contribution in [-0.4, -0.2) is 23.3 Å². The van der Waals surface area contributed by atoms with Crippen molar-refractivity contribution < 1.29 is 18.7 Å². The molecule has 0 spiro atoms. The Hall–Kier alpha value is -1.43. The average molecular weight is 365 g/mol. The van der Waals surface area contributed by atoms with E-state index in [1.54, 1.807) is 25.2 Å². The summed E-state index contributed by atoms with van der Waals surface area (Å²) in [4.78, 5) is 4.28. The first-order valence-corrected chi connectivity index (χ1v) is 10.3. The van der Waals surface area contributed by atoms with Crippen molar-refractivity contribution >= 4 is 29.8 Å². The second kappa shape index (κ2) is 7.21. The Balaban J connectivity index is 2.20. The lowest BCUT2D eigenvalue weighted by atomic mass is 10.1. The number of rotatable bonds is 7.